The maximum atomic E-state index is 13.5. The standard InChI is InChI=1S/C23H27N3O4/c1-14-3-4-15(2)16(11-14)12-26-13-23-7-5-17(30-23)19(20(23)22(26)29)21(28)25-9-6-18(27)24-8-10-25/h3-5,7,11,17,19-20H,6,8-10,12-13H2,1-2H3,(H,24,27)/t17-,19+,20+,23-/m0/s1. The van der Waals surface area contributed by atoms with Gasteiger partial charge in [-0.2, -0.15) is 0 Å². The first-order chi connectivity index (χ1) is 14.4. The Labute approximate surface area is 176 Å². The number of nitrogens with one attached hydrogen (secondary N) is 1. The lowest BCUT2D eigenvalue weighted by Crippen LogP contribution is -2.47. The van der Waals surface area contributed by atoms with E-state index in [1.165, 1.54) is 0 Å². The van der Waals surface area contributed by atoms with Gasteiger partial charge in [-0.3, -0.25) is 14.4 Å². The fourth-order valence-corrected chi connectivity index (χ4v) is 5.37. The molecule has 1 N–H and O–H groups in total. The highest BCUT2D eigenvalue weighted by Crippen LogP contribution is 2.52. The molecule has 2 bridgehead atoms. The topological polar surface area (TPSA) is 79.0 Å². The van der Waals surface area contributed by atoms with E-state index in [0.717, 1.165) is 16.7 Å². The highest BCUT2D eigenvalue weighted by molar-refractivity contribution is 5.93. The average Bonchev–Trinajstić information content (AvgIpc) is 3.28. The first kappa shape index (κ1) is 19.3. The molecule has 1 aromatic carbocycles. The largest absolute Gasteiger partial charge is 0.360 e. The van der Waals surface area contributed by atoms with E-state index in [4.69, 9.17) is 4.74 Å². The van der Waals surface area contributed by atoms with E-state index in [0.29, 0.717) is 39.1 Å². The van der Waals surface area contributed by atoms with E-state index in [9.17, 15) is 14.4 Å². The van der Waals surface area contributed by atoms with Crippen LogP contribution >= 0.6 is 0 Å². The Kier molecular flexibility index (Phi) is 4.47. The number of ether oxygens (including phenoxy) is 1. The molecule has 4 aliphatic rings. The number of likely N-dealkylation sites (tertiary alicyclic amines) is 1. The van der Waals surface area contributed by atoms with E-state index >= 15 is 0 Å². The van der Waals surface area contributed by atoms with Crippen LogP contribution in [0.15, 0.2) is 30.4 Å². The summed E-state index contributed by atoms with van der Waals surface area (Å²) in [5, 5.41) is 2.80. The van der Waals surface area contributed by atoms with Gasteiger partial charge >= 0.3 is 0 Å². The van der Waals surface area contributed by atoms with Gasteiger partial charge in [0.2, 0.25) is 17.7 Å². The zero-order valence-corrected chi connectivity index (χ0v) is 17.4. The normalized spacial score (nSPS) is 32.4. The van der Waals surface area contributed by atoms with Crippen LogP contribution in [0.3, 0.4) is 0 Å². The Morgan fingerprint density at radius 3 is 2.93 bits per heavy atom. The summed E-state index contributed by atoms with van der Waals surface area (Å²) < 4.78 is 6.25. The predicted molar refractivity (Wildman–Crippen MR) is 109 cm³/mol. The highest BCUT2D eigenvalue weighted by Gasteiger charge is 2.67. The van der Waals surface area contributed by atoms with Crippen molar-refractivity contribution in [2.45, 2.75) is 38.5 Å². The van der Waals surface area contributed by atoms with E-state index in [1.54, 1.807) is 4.90 Å². The molecule has 3 amide bonds. The van der Waals surface area contributed by atoms with Gasteiger partial charge in [-0.25, -0.2) is 0 Å². The Morgan fingerprint density at radius 2 is 2.10 bits per heavy atom. The average molecular weight is 409 g/mol. The maximum Gasteiger partial charge on any atom is 0.230 e. The lowest BCUT2D eigenvalue weighted by atomic mass is 9.76. The molecule has 0 aromatic heterocycles. The molecule has 7 nitrogen and oxygen atoms in total. The molecule has 0 unspecified atom stereocenters. The minimum atomic E-state index is -0.709. The third-order valence-electron chi connectivity index (χ3n) is 6.95. The van der Waals surface area contributed by atoms with Crippen molar-refractivity contribution in [1.82, 2.24) is 15.1 Å². The molecule has 4 heterocycles. The molecule has 0 saturated carbocycles. The van der Waals surface area contributed by atoms with Crippen molar-refractivity contribution >= 4 is 17.7 Å². The number of hydrogen-bond acceptors (Lipinski definition) is 4. The number of benzene rings is 1. The van der Waals surface area contributed by atoms with Gasteiger partial charge in [0.15, 0.2) is 0 Å². The van der Waals surface area contributed by atoms with Crippen LogP contribution in [-0.2, 0) is 25.7 Å². The molecular formula is C23H27N3O4. The number of aryl methyl sites for hydroxylation is 2. The summed E-state index contributed by atoms with van der Waals surface area (Å²) >= 11 is 0. The third kappa shape index (κ3) is 2.95. The van der Waals surface area contributed by atoms with Crippen molar-refractivity contribution < 1.29 is 19.1 Å². The number of nitrogens with zero attached hydrogens (tertiary/aromatic N) is 2. The van der Waals surface area contributed by atoms with Crippen molar-refractivity contribution in [3.63, 3.8) is 0 Å². The first-order valence-corrected chi connectivity index (χ1v) is 10.7. The fraction of sp³-hybridized carbons (Fsp3) is 0.522. The second-order valence-electron chi connectivity index (χ2n) is 8.95. The minimum absolute atomic E-state index is 0.00914. The van der Waals surface area contributed by atoms with Crippen LogP contribution < -0.4 is 5.32 Å². The number of amides is 3. The van der Waals surface area contributed by atoms with E-state index < -0.39 is 17.4 Å². The second-order valence-corrected chi connectivity index (χ2v) is 8.95. The summed E-state index contributed by atoms with van der Waals surface area (Å²) in [4.78, 5) is 42.1. The Balaban J connectivity index is 1.39. The molecule has 0 radical (unpaired) electrons. The van der Waals surface area contributed by atoms with Crippen LogP contribution in [0, 0.1) is 25.7 Å². The Bertz CT molecular complexity index is 958. The van der Waals surface area contributed by atoms with Crippen molar-refractivity contribution in [3.8, 4) is 0 Å². The van der Waals surface area contributed by atoms with Crippen molar-refractivity contribution in [1.29, 1.82) is 0 Å². The molecule has 7 heteroatoms. The summed E-state index contributed by atoms with van der Waals surface area (Å²) in [5.41, 5.74) is 2.73. The zero-order valence-electron chi connectivity index (χ0n) is 17.4. The van der Waals surface area contributed by atoms with Crippen LogP contribution in [0.1, 0.15) is 23.1 Å². The fourth-order valence-electron chi connectivity index (χ4n) is 5.37. The van der Waals surface area contributed by atoms with Crippen molar-refractivity contribution in [2.24, 2.45) is 11.8 Å². The van der Waals surface area contributed by atoms with Gasteiger partial charge in [0, 0.05) is 32.6 Å². The van der Waals surface area contributed by atoms with Crippen LogP contribution in [0.4, 0.5) is 0 Å². The molecule has 1 spiro atoms. The SMILES string of the molecule is Cc1ccc(C)c(CN2C[C@]34C=C[C@H](O3)[C@@H](C(=O)N3CCNC(=O)CC3)[C@@H]4C2=O)c1. The molecule has 158 valence electrons. The van der Waals surface area contributed by atoms with E-state index in [-0.39, 0.29) is 23.8 Å². The van der Waals surface area contributed by atoms with Crippen LogP contribution in [-0.4, -0.2) is 65.4 Å². The molecule has 3 saturated heterocycles. The first-order valence-electron chi connectivity index (χ1n) is 10.7. The second kappa shape index (κ2) is 6.94. The Hall–Kier alpha value is -2.67. The van der Waals surface area contributed by atoms with Crippen LogP contribution in [0.2, 0.25) is 0 Å². The zero-order chi connectivity index (χ0) is 21.0. The molecular weight excluding hydrogens is 382 g/mol. The minimum Gasteiger partial charge on any atom is -0.360 e. The summed E-state index contributed by atoms with van der Waals surface area (Å²) in [6, 6.07) is 6.26. The number of fused-ring (bicyclic) bond motifs is 1. The van der Waals surface area contributed by atoms with Gasteiger partial charge in [0.05, 0.1) is 24.5 Å². The van der Waals surface area contributed by atoms with E-state index in [1.807, 2.05) is 24.0 Å². The van der Waals surface area contributed by atoms with Gasteiger partial charge < -0.3 is 19.9 Å². The lowest BCUT2D eigenvalue weighted by molar-refractivity contribution is -0.143. The molecule has 1 aromatic rings. The predicted octanol–water partition coefficient (Wildman–Crippen LogP) is 0.934. The van der Waals surface area contributed by atoms with Gasteiger partial charge in [0.1, 0.15) is 5.60 Å². The lowest BCUT2D eigenvalue weighted by Gasteiger charge is -2.29. The van der Waals surface area contributed by atoms with Crippen LogP contribution in [0.5, 0.6) is 0 Å². The Morgan fingerprint density at radius 1 is 1.27 bits per heavy atom. The summed E-state index contributed by atoms with van der Waals surface area (Å²) in [6.07, 6.45) is 3.86. The molecule has 5 rings (SSSR count). The quantitative estimate of drug-likeness (QED) is 0.754. The van der Waals surface area contributed by atoms with Crippen LogP contribution in [0.25, 0.3) is 0 Å². The number of rotatable bonds is 3. The van der Waals surface area contributed by atoms with Gasteiger partial charge in [-0.15, -0.1) is 0 Å². The summed E-state index contributed by atoms with van der Waals surface area (Å²) in [5.74, 6) is -1.13. The molecule has 30 heavy (non-hydrogen) atoms. The number of hydrogen-bond donors (Lipinski definition) is 1. The summed E-state index contributed by atoms with van der Waals surface area (Å²) in [7, 11) is 0. The molecule has 3 fully saturated rings. The molecule has 4 atom stereocenters. The van der Waals surface area contributed by atoms with E-state index in [2.05, 4.69) is 30.4 Å². The van der Waals surface area contributed by atoms with Crippen molar-refractivity contribution in [3.05, 3.63) is 47.0 Å². The van der Waals surface area contributed by atoms with Gasteiger partial charge in [-0.1, -0.05) is 35.9 Å². The number of carbonyl (C=O) groups excluding carboxylic acids is 3. The van der Waals surface area contributed by atoms with Crippen molar-refractivity contribution in [2.75, 3.05) is 26.2 Å². The smallest absolute Gasteiger partial charge is 0.230 e. The number of carbonyl (C=O) groups is 3. The maximum absolute atomic E-state index is 13.5. The monoisotopic (exact) mass is 409 g/mol. The third-order valence-corrected chi connectivity index (χ3v) is 6.95. The summed E-state index contributed by atoms with van der Waals surface area (Å²) in [6.45, 7) is 6.40. The molecule has 0 aliphatic carbocycles. The molecule has 4 aliphatic heterocycles. The van der Waals surface area contributed by atoms with Gasteiger partial charge in [0.25, 0.3) is 0 Å². The van der Waals surface area contributed by atoms with Gasteiger partial charge in [-0.05, 0) is 25.0 Å². The highest BCUT2D eigenvalue weighted by atomic mass is 16.5.